The van der Waals surface area contributed by atoms with Gasteiger partial charge in [-0.1, -0.05) is 25.1 Å². The normalized spacial score (nSPS) is 19.5. The summed E-state index contributed by atoms with van der Waals surface area (Å²) >= 11 is 0. The van der Waals surface area contributed by atoms with Crippen LogP contribution in [0.1, 0.15) is 38.3 Å². The summed E-state index contributed by atoms with van der Waals surface area (Å²) in [4.78, 5) is 4.53. The van der Waals surface area contributed by atoms with Crippen LogP contribution in [0.2, 0.25) is 0 Å². The Bertz CT molecular complexity index is 469. The Balaban J connectivity index is 1.81. The minimum atomic E-state index is -0.308. The molecule has 1 heterocycles. The summed E-state index contributed by atoms with van der Waals surface area (Å²) in [6.07, 6.45) is 2.21. The number of rotatable bonds is 7. The molecule has 2 N–H and O–H groups in total. The number of hydrogen-bond donors (Lipinski definition) is 2. The summed E-state index contributed by atoms with van der Waals surface area (Å²) in [5.41, 5.74) is 2.50. The van der Waals surface area contributed by atoms with Crippen LogP contribution in [-0.2, 0) is 0 Å². The summed E-state index contributed by atoms with van der Waals surface area (Å²) in [7, 11) is 4.13. The first-order valence-electron chi connectivity index (χ1n) is 8.87. The van der Waals surface area contributed by atoms with Gasteiger partial charge in [0.15, 0.2) is 0 Å². The van der Waals surface area contributed by atoms with E-state index in [9.17, 15) is 5.11 Å². The van der Waals surface area contributed by atoms with E-state index in [1.54, 1.807) is 0 Å². The Labute approximate surface area is 141 Å². The minimum Gasteiger partial charge on any atom is -0.390 e. The molecule has 4 nitrogen and oxygen atoms in total. The lowest BCUT2D eigenvalue weighted by molar-refractivity contribution is 0.0892. The molecule has 0 bridgehead atoms. The predicted octanol–water partition coefficient (Wildman–Crippen LogP) is 2.50. The van der Waals surface area contributed by atoms with Crippen molar-refractivity contribution in [1.82, 2.24) is 10.2 Å². The number of nitrogens with zero attached hydrogens (tertiary/aromatic N) is 2. The molecule has 1 fully saturated rings. The number of aliphatic hydroxyl groups is 1. The lowest BCUT2D eigenvalue weighted by Crippen LogP contribution is -2.42. The van der Waals surface area contributed by atoms with Gasteiger partial charge in [-0.05, 0) is 50.4 Å². The molecule has 23 heavy (non-hydrogen) atoms. The molecule has 4 heteroatoms. The summed E-state index contributed by atoms with van der Waals surface area (Å²) < 4.78 is 0. The van der Waals surface area contributed by atoms with Crippen molar-refractivity contribution in [1.29, 1.82) is 0 Å². The van der Waals surface area contributed by atoms with Crippen molar-refractivity contribution in [2.24, 2.45) is 5.92 Å². The average Bonchev–Trinajstić information content (AvgIpc) is 2.54. The van der Waals surface area contributed by atoms with Crippen molar-refractivity contribution in [2.75, 3.05) is 45.2 Å². The first-order chi connectivity index (χ1) is 11.0. The molecule has 0 radical (unpaired) electrons. The fourth-order valence-electron chi connectivity index (χ4n) is 3.29. The highest BCUT2D eigenvalue weighted by atomic mass is 16.3. The number of benzene rings is 1. The Morgan fingerprint density at radius 2 is 1.91 bits per heavy atom. The molecule has 2 unspecified atom stereocenters. The third-order valence-electron chi connectivity index (χ3n) is 4.89. The summed E-state index contributed by atoms with van der Waals surface area (Å²) in [6, 6.07) is 8.66. The van der Waals surface area contributed by atoms with Crippen LogP contribution in [0.25, 0.3) is 0 Å². The van der Waals surface area contributed by atoms with Crippen LogP contribution in [0.15, 0.2) is 24.3 Å². The van der Waals surface area contributed by atoms with Gasteiger partial charge in [-0.2, -0.15) is 0 Å². The second-order valence-electron chi connectivity index (χ2n) is 7.22. The number of hydrogen-bond acceptors (Lipinski definition) is 4. The van der Waals surface area contributed by atoms with Crippen LogP contribution < -0.4 is 10.2 Å². The highest BCUT2D eigenvalue weighted by Crippen LogP contribution is 2.24. The molecule has 130 valence electrons. The zero-order valence-electron chi connectivity index (χ0n) is 15.1. The maximum absolute atomic E-state index is 10.3. The van der Waals surface area contributed by atoms with Gasteiger partial charge in [0, 0.05) is 38.9 Å². The molecule has 0 aliphatic carbocycles. The SMILES string of the molecule is CC1CCN(CC(O)CNC(C)c2ccccc2N(C)C)CC1. The third kappa shape index (κ3) is 5.48. The first-order valence-corrected chi connectivity index (χ1v) is 8.87. The van der Waals surface area contributed by atoms with Gasteiger partial charge in [0.2, 0.25) is 0 Å². The smallest absolute Gasteiger partial charge is 0.0791 e. The number of aliphatic hydroxyl groups excluding tert-OH is 1. The average molecular weight is 319 g/mol. The number of β-amino-alcohol motifs (C(OH)–C–C–N with tert-alkyl or cyclic N) is 1. The molecule has 0 spiro atoms. The quantitative estimate of drug-likeness (QED) is 0.810. The van der Waals surface area contributed by atoms with E-state index < -0.39 is 0 Å². The monoisotopic (exact) mass is 319 g/mol. The van der Waals surface area contributed by atoms with Gasteiger partial charge < -0.3 is 20.2 Å². The molecule has 1 saturated heterocycles. The molecule has 2 rings (SSSR count). The Kier molecular flexibility index (Phi) is 6.88. The maximum Gasteiger partial charge on any atom is 0.0791 e. The molecule has 1 aliphatic heterocycles. The van der Waals surface area contributed by atoms with E-state index in [-0.39, 0.29) is 12.1 Å². The van der Waals surface area contributed by atoms with Crippen LogP contribution in [0, 0.1) is 5.92 Å². The standard InChI is InChI=1S/C19H33N3O/c1-15-9-11-22(12-10-15)14-17(23)13-20-16(2)18-7-5-6-8-19(18)21(3)4/h5-8,15-17,20,23H,9-14H2,1-4H3. The fourth-order valence-corrected chi connectivity index (χ4v) is 3.29. The van der Waals surface area contributed by atoms with Crippen LogP contribution in [-0.4, -0.2) is 56.4 Å². The van der Waals surface area contributed by atoms with Crippen molar-refractivity contribution < 1.29 is 5.11 Å². The van der Waals surface area contributed by atoms with E-state index in [0.29, 0.717) is 6.54 Å². The van der Waals surface area contributed by atoms with Gasteiger partial charge in [0.05, 0.1) is 6.10 Å². The highest BCUT2D eigenvalue weighted by molar-refractivity contribution is 5.53. The molecular formula is C19H33N3O. The number of nitrogens with one attached hydrogen (secondary N) is 1. The fraction of sp³-hybridized carbons (Fsp3) is 0.684. The Hall–Kier alpha value is -1.10. The van der Waals surface area contributed by atoms with Gasteiger partial charge in [-0.3, -0.25) is 0 Å². The lowest BCUT2D eigenvalue weighted by atomic mass is 9.99. The van der Waals surface area contributed by atoms with E-state index in [1.807, 2.05) is 0 Å². The summed E-state index contributed by atoms with van der Waals surface area (Å²) in [6.45, 7) is 8.14. The molecule has 0 aromatic heterocycles. The lowest BCUT2D eigenvalue weighted by Gasteiger charge is -2.32. The van der Waals surface area contributed by atoms with Gasteiger partial charge in [0.1, 0.15) is 0 Å². The van der Waals surface area contributed by atoms with Crippen molar-refractivity contribution in [2.45, 2.75) is 38.8 Å². The maximum atomic E-state index is 10.3. The van der Waals surface area contributed by atoms with Crippen molar-refractivity contribution >= 4 is 5.69 Å². The van der Waals surface area contributed by atoms with Gasteiger partial charge in [-0.15, -0.1) is 0 Å². The van der Waals surface area contributed by atoms with Crippen molar-refractivity contribution in [3.8, 4) is 0 Å². The topological polar surface area (TPSA) is 38.7 Å². The van der Waals surface area contributed by atoms with Crippen LogP contribution in [0.3, 0.4) is 0 Å². The van der Waals surface area contributed by atoms with Crippen LogP contribution >= 0.6 is 0 Å². The Morgan fingerprint density at radius 1 is 1.26 bits per heavy atom. The third-order valence-corrected chi connectivity index (χ3v) is 4.89. The number of likely N-dealkylation sites (tertiary alicyclic amines) is 1. The molecule has 0 saturated carbocycles. The molecule has 1 aromatic carbocycles. The van der Waals surface area contributed by atoms with E-state index >= 15 is 0 Å². The second-order valence-corrected chi connectivity index (χ2v) is 7.22. The van der Waals surface area contributed by atoms with E-state index in [4.69, 9.17) is 0 Å². The van der Waals surface area contributed by atoms with Crippen LogP contribution in [0.4, 0.5) is 5.69 Å². The van der Waals surface area contributed by atoms with Gasteiger partial charge in [0.25, 0.3) is 0 Å². The van der Waals surface area contributed by atoms with Gasteiger partial charge in [-0.25, -0.2) is 0 Å². The largest absolute Gasteiger partial charge is 0.390 e. The van der Waals surface area contributed by atoms with E-state index in [1.165, 1.54) is 24.1 Å². The van der Waals surface area contributed by atoms with Crippen LogP contribution in [0.5, 0.6) is 0 Å². The molecule has 1 aromatic rings. The summed E-state index contributed by atoms with van der Waals surface area (Å²) in [5.74, 6) is 0.837. The number of piperidine rings is 1. The molecular weight excluding hydrogens is 286 g/mol. The second kappa shape index (κ2) is 8.67. The molecule has 1 aliphatic rings. The number of anilines is 1. The predicted molar refractivity (Wildman–Crippen MR) is 98.0 cm³/mol. The van der Waals surface area contributed by atoms with Gasteiger partial charge >= 0.3 is 0 Å². The van der Waals surface area contributed by atoms with Crippen molar-refractivity contribution in [3.63, 3.8) is 0 Å². The van der Waals surface area contributed by atoms with Crippen molar-refractivity contribution in [3.05, 3.63) is 29.8 Å². The van der Waals surface area contributed by atoms with E-state index in [0.717, 1.165) is 25.6 Å². The zero-order valence-corrected chi connectivity index (χ0v) is 15.1. The minimum absolute atomic E-state index is 0.227. The highest BCUT2D eigenvalue weighted by Gasteiger charge is 2.19. The Morgan fingerprint density at radius 3 is 2.57 bits per heavy atom. The first kappa shape index (κ1) is 18.2. The number of para-hydroxylation sites is 1. The molecule has 0 amide bonds. The zero-order chi connectivity index (χ0) is 16.8. The van der Waals surface area contributed by atoms with E-state index in [2.05, 4.69) is 67.3 Å². The summed E-state index contributed by atoms with van der Waals surface area (Å²) in [5, 5.41) is 13.8. The molecule has 2 atom stereocenters.